The van der Waals surface area contributed by atoms with Crippen molar-refractivity contribution in [1.29, 1.82) is 0 Å². The molecule has 0 amide bonds. The van der Waals surface area contributed by atoms with Gasteiger partial charge in [0.2, 0.25) is 5.78 Å². The monoisotopic (exact) mass is 310 g/mol. The Balaban J connectivity index is 1.99. The Morgan fingerprint density at radius 2 is 1.78 bits per heavy atom. The number of allylic oxidation sites excluding steroid dienone is 1. The highest BCUT2D eigenvalue weighted by atomic mass is 16.5. The number of benzene rings is 1. The molecule has 0 radical (unpaired) electrons. The van der Waals surface area contributed by atoms with Crippen molar-refractivity contribution >= 4 is 11.8 Å². The highest BCUT2D eigenvalue weighted by molar-refractivity contribution is 6.14. The van der Waals surface area contributed by atoms with Crippen LogP contribution in [0.25, 0.3) is 0 Å². The Morgan fingerprint density at radius 1 is 1.09 bits per heavy atom. The Bertz CT molecular complexity index is 786. The van der Waals surface area contributed by atoms with E-state index in [-0.39, 0.29) is 17.2 Å². The molecule has 2 atom stereocenters. The van der Waals surface area contributed by atoms with Crippen LogP contribution in [0.5, 0.6) is 0 Å². The van der Waals surface area contributed by atoms with Crippen molar-refractivity contribution in [2.24, 2.45) is 5.41 Å². The summed E-state index contributed by atoms with van der Waals surface area (Å²) < 4.78 is 5.51. The van der Waals surface area contributed by atoms with Crippen molar-refractivity contribution in [3.8, 4) is 0 Å². The molecule has 3 nitrogen and oxygen atoms in total. The standard InChI is InChI=1S/C20H22O3/c1-11(2)12-6-7-14-13(10-12)15(21)16-17-19(14,3)8-5-9-20(17,4)18(22)23-16/h6-7,10-11H,5,8-9H2,1-4H3. The largest absolute Gasteiger partial charge is 0.422 e. The van der Waals surface area contributed by atoms with E-state index in [2.05, 4.69) is 32.9 Å². The Morgan fingerprint density at radius 3 is 2.48 bits per heavy atom. The SMILES string of the molecule is CC(C)c1ccc2c(c1)C(=O)C1=C3C(C)(CCCC32C)C(=O)O1. The quantitative estimate of drug-likeness (QED) is 0.728. The molecular weight excluding hydrogens is 288 g/mol. The van der Waals surface area contributed by atoms with Crippen LogP contribution in [0.2, 0.25) is 0 Å². The third kappa shape index (κ3) is 1.65. The van der Waals surface area contributed by atoms with Crippen LogP contribution >= 0.6 is 0 Å². The van der Waals surface area contributed by atoms with E-state index in [0.717, 1.165) is 41.5 Å². The number of fused-ring (bicyclic) bond motifs is 2. The van der Waals surface area contributed by atoms with Gasteiger partial charge in [0.25, 0.3) is 0 Å². The fourth-order valence-corrected chi connectivity index (χ4v) is 4.76. The molecular formula is C20H22O3. The molecule has 120 valence electrons. The number of Topliss-reactive ketones (excluding diaryl/α,β-unsaturated/α-hetero) is 1. The molecule has 1 fully saturated rings. The zero-order valence-electron chi connectivity index (χ0n) is 14.2. The highest BCUT2D eigenvalue weighted by Crippen LogP contribution is 2.60. The molecule has 0 N–H and O–H groups in total. The lowest BCUT2D eigenvalue weighted by molar-refractivity contribution is -0.145. The van der Waals surface area contributed by atoms with Gasteiger partial charge in [0, 0.05) is 16.6 Å². The van der Waals surface area contributed by atoms with Gasteiger partial charge < -0.3 is 4.74 Å². The van der Waals surface area contributed by atoms with Crippen molar-refractivity contribution in [1.82, 2.24) is 0 Å². The average molecular weight is 310 g/mol. The average Bonchev–Trinajstić information content (AvgIpc) is 2.78. The van der Waals surface area contributed by atoms with E-state index >= 15 is 0 Å². The minimum Gasteiger partial charge on any atom is -0.422 e. The molecule has 0 spiro atoms. The van der Waals surface area contributed by atoms with E-state index in [4.69, 9.17) is 4.74 Å². The van der Waals surface area contributed by atoms with Crippen molar-refractivity contribution in [2.45, 2.75) is 58.3 Å². The van der Waals surface area contributed by atoms with Crippen LogP contribution in [0.4, 0.5) is 0 Å². The number of ether oxygens (including phenoxy) is 1. The molecule has 2 aliphatic carbocycles. The van der Waals surface area contributed by atoms with Crippen molar-refractivity contribution in [2.75, 3.05) is 0 Å². The van der Waals surface area contributed by atoms with Crippen LogP contribution in [0.15, 0.2) is 29.5 Å². The first-order valence-corrected chi connectivity index (χ1v) is 8.46. The summed E-state index contributed by atoms with van der Waals surface area (Å²) in [5.74, 6) is 0.305. The van der Waals surface area contributed by atoms with Gasteiger partial charge in [-0.05, 0) is 42.9 Å². The maximum Gasteiger partial charge on any atom is 0.321 e. The fraction of sp³-hybridized carbons (Fsp3) is 0.500. The second-order valence-electron chi connectivity index (χ2n) is 7.90. The van der Waals surface area contributed by atoms with Crippen LogP contribution in [0, 0.1) is 5.41 Å². The molecule has 4 rings (SSSR count). The summed E-state index contributed by atoms with van der Waals surface area (Å²) in [6.45, 7) is 8.35. The zero-order valence-corrected chi connectivity index (χ0v) is 14.2. The van der Waals surface area contributed by atoms with E-state index in [0.29, 0.717) is 11.7 Å². The number of rotatable bonds is 1. The van der Waals surface area contributed by atoms with E-state index in [9.17, 15) is 9.59 Å². The van der Waals surface area contributed by atoms with Crippen molar-refractivity contribution < 1.29 is 14.3 Å². The third-order valence-electron chi connectivity index (χ3n) is 6.09. The van der Waals surface area contributed by atoms with Gasteiger partial charge in [0.05, 0.1) is 5.41 Å². The van der Waals surface area contributed by atoms with Crippen LogP contribution in [0.3, 0.4) is 0 Å². The van der Waals surface area contributed by atoms with Crippen molar-refractivity contribution in [3.63, 3.8) is 0 Å². The van der Waals surface area contributed by atoms with E-state index in [1.54, 1.807) is 0 Å². The first kappa shape index (κ1) is 14.7. The number of hydrogen-bond acceptors (Lipinski definition) is 3. The summed E-state index contributed by atoms with van der Waals surface area (Å²) in [4.78, 5) is 25.5. The van der Waals surface area contributed by atoms with Gasteiger partial charge in [0.1, 0.15) is 0 Å². The second kappa shape index (κ2) is 4.34. The molecule has 3 aliphatic rings. The van der Waals surface area contributed by atoms with Crippen LogP contribution < -0.4 is 0 Å². The minimum absolute atomic E-state index is 0.117. The third-order valence-corrected chi connectivity index (χ3v) is 6.09. The van der Waals surface area contributed by atoms with Gasteiger partial charge in [-0.3, -0.25) is 9.59 Å². The molecule has 0 bridgehead atoms. The van der Waals surface area contributed by atoms with Gasteiger partial charge in [-0.25, -0.2) is 0 Å². The Labute approximate surface area is 136 Å². The van der Waals surface area contributed by atoms with Gasteiger partial charge in [0.15, 0.2) is 5.76 Å². The number of hydrogen-bond donors (Lipinski definition) is 0. The van der Waals surface area contributed by atoms with Gasteiger partial charge >= 0.3 is 5.97 Å². The molecule has 1 aromatic rings. The lowest BCUT2D eigenvalue weighted by Gasteiger charge is -2.45. The molecule has 0 aromatic heterocycles. The fourth-order valence-electron chi connectivity index (χ4n) is 4.76. The molecule has 1 heterocycles. The number of carbonyl (C=O) groups excluding carboxylic acids is 2. The Hall–Kier alpha value is -1.90. The highest BCUT2D eigenvalue weighted by Gasteiger charge is 2.60. The summed E-state index contributed by atoms with van der Waals surface area (Å²) in [5, 5.41) is 0. The summed E-state index contributed by atoms with van der Waals surface area (Å²) >= 11 is 0. The molecule has 3 heteroatoms. The van der Waals surface area contributed by atoms with Crippen LogP contribution in [-0.2, 0) is 14.9 Å². The van der Waals surface area contributed by atoms with Crippen LogP contribution in [-0.4, -0.2) is 11.8 Å². The molecule has 1 aliphatic heterocycles. The van der Waals surface area contributed by atoms with E-state index in [1.165, 1.54) is 0 Å². The maximum atomic E-state index is 13.0. The summed E-state index contributed by atoms with van der Waals surface area (Å²) in [6, 6.07) is 6.22. The van der Waals surface area contributed by atoms with E-state index < -0.39 is 5.41 Å². The van der Waals surface area contributed by atoms with Gasteiger partial charge in [-0.15, -0.1) is 0 Å². The molecule has 1 aromatic carbocycles. The lowest BCUT2D eigenvalue weighted by atomic mass is 9.55. The predicted octanol–water partition coefficient (Wildman–Crippen LogP) is 4.27. The summed E-state index contributed by atoms with van der Waals surface area (Å²) in [5.41, 5.74) is 2.95. The maximum absolute atomic E-state index is 13.0. The lowest BCUT2D eigenvalue weighted by Crippen LogP contribution is -2.43. The molecule has 1 saturated carbocycles. The summed E-state index contributed by atoms with van der Waals surface area (Å²) in [6.07, 6.45) is 2.70. The minimum atomic E-state index is -0.633. The zero-order chi connectivity index (χ0) is 16.6. The molecule has 23 heavy (non-hydrogen) atoms. The summed E-state index contributed by atoms with van der Waals surface area (Å²) in [7, 11) is 0. The number of ketones is 1. The van der Waals surface area contributed by atoms with Crippen LogP contribution in [0.1, 0.15) is 74.4 Å². The topological polar surface area (TPSA) is 43.4 Å². The first-order valence-electron chi connectivity index (χ1n) is 8.46. The second-order valence-corrected chi connectivity index (χ2v) is 7.90. The smallest absolute Gasteiger partial charge is 0.321 e. The number of esters is 1. The number of carbonyl (C=O) groups is 2. The first-order chi connectivity index (χ1) is 10.8. The molecule has 0 saturated heterocycles. The molecule has 2 unspecified atom stereocenters. The normalized spacial score (nSPS) is 32.0. The van der Waals surface area contributed by atoms with Gasteiger partial charge in [-0.2, -0.15) is 0 Å². The van der Waals surface area contributed by atoms with E-state index in [1.807, 2.05) is 13.0 Å². The van der Waals surface area contributed by atoms with Crippen molar-refractivity contribution in [3.05, 3.63) is 46.2 Å². The van der Waals surface area contributed by atoms with Gasteiger partial charge in [-0.1, -0.05) is 39.3 Å². The Kier molecular flexibility index (Phi) is 2.77. The predicted molar refractivity (Wildman–Crippen MR) is 87.3 cm³/mol.